The lowest BCUT2D eigenvalue weighted by atomic mass is 10.0. The van der Waals surface area contributed by atoms with Crippen LogP contribution in [-0.2, 0) is 4.79 Å². The van der Waals surface area contributed by atoms with Gasteiger partial charge in [-0.25, -0.2) is 0 Å². The van der Waals surface area contributed by atoms with Gasteiger partial charge in [0, 0.05) is 6.42 Å². The lowest BCUT2D eigenvalue weighted by Crippen LogP contribution is -1.95. The highest BCUT2D eigenvalue weighted by Gasteiger charge is 2.05. The molecule has 10 heavy (non-hydrogen) atoms. The summed E-state index contributed by atoms with van der Waals surface area (Å²) in [5.74, 6) is 0.542. The Morgan fingerprint density at radius 1 is 1.50 bits per heavy atom. The average molecular weight is 138 g/mol. The summed E-state index contributed by atoms with van der Waals surface area (Å²) in [4.78, 5) is 10.2. The van der Waals surface area contributed by atoms with Gasteiger partial charge in [0.25, 0.3) is 0 Å². The monoisotopic (exact) mass is 138 g/mol. The highest BCUT2D eigenvalue weighted by atomic mass is 16.1. The number of aldehydes is 1. The first-order chi connectivity index (χ1) is 4.93. The maximum atomic E-state index is 10.2. The molecule has 0 aromatic carbocycles. The first kappa shape index (κ1) is 7.52. The van der Waals surface area contributed by atoms with Gasteiger partial charge in [-0.15, -0.1) is 0 Å². The van der Waals surface area contributed by atoms with Crippen LogP contribution in [0.1, 0.15) is 32.1 Å². The molecule has 1 heteroatoms. The Morgan fingerprint density at radius 3 is 3.20 bits per heavy atom. The molecule has 0 amide bonds. The number of hydrogen-bond donors (Lipinski definition) is 0. The number of carbonyl (C=O) groups is 1. The van der Waals surface area contributed by atoms with E-state index in [4.69, 9.17) is 0 Å². The molecular formula is C9H14O. The van der Waals surface area contributed by atoms with E-state index in [2.05, 4.69) is 12.2 Å². The van der Waals surface area contributed by atoms with Crippen molar-refractivity contribution in [2.24, 2.45) is 5.92 Å². The zero-order valence-corrected chi connectivity index (χ0v) is 6.25. The van der Waals surface area contributed by atoms with Crippen LogP contribution in [0.25, 0.3) is 0 Å². The maximum Gasteiger partial charge on any atom is 0.120 e. The van der Waals surface area contributed by atoms with Crippen molar-refractivity contribution in [3.05, 3.63) is 12.2 Å². The standard InChI is InChI=1S/C9H14O/c10-8-7-9-5-3-1-2-4-6-9/h3,5,8-9H,1-2,4,6-7H2. The van der Waals surface area contributed by atoms with Crippen LogP contribution < -0.4 is 0 Å². The molecule has 0 spiro atoms. The van der Waals surface area contributed by atoms with Crippen molar-refractivity contribution >= 4 is 6.29 Å². The van der Waals surface area contributed by atoms with Gasteiger partial charge in [-0.2, -0.15) is 0 Å². The molecule has 0 saturated heterocycles. The molecule has 0 bridgehead atoms. The van der Waals surface area contributed by atoms with Crippen LogP contribution in [0.3, 0.4) is 0 Å². The highest BCUT2D eigenvalue weighted by Crippen LogP contribution is 2.18. The molecule has 0 saturated carbocycles. The Labute approximate surface area is 62.1 Å². The van der Waals surface area contributed by atoms with E-state index >= 15 is 0 Å². The third kappa shape index (κ3) is 2.34. The Kier molecular flexibility index (Phi) is 3.20. The van der Waals surface area contributed by atoms with Gasteiger partial charge in [0.1, 0.15) is 6.29 Å². The summed E-state index contributed by atoms with van der Waals surface area (Å²) >= 11 is 0. The maximum absolute atomic E-state index is 10.2. The Bertz CT molecular complexity index is 127. The van der Waals surface area contributed by atoms with E-state index in [0.29, 0.717) is 5.92 Å². The van der Waals surface area contributed by atoms with Gasteiger partial charge in [-0.3, -0.25) is 0 Å². The highest BCUT2D eigenvalue weighted by molar-refractivity contribution is 5.50. The van der Waals surface area contributed by atoms with E-state index in [0.717, 1.165) is 12.7 Å². The van der Waals surface area contributed by atoms with Gasteiger partial charge in [-0.1, -0.05) is 18.6 Å². The average Bonchev–Trinajstić information content (AvgIpc) is 2.17. The summed E-state index contributed by atoms with van der Waals surface area (Å²) in [6.07, 6.45) is 11.1. The third-order valence-electron chi connectivity index (χ3n) is 2.00. The molecule has 0 heterocycles. The smallest absolute Gasteiger partial charge is 0.120 e. The van der Waals surface area contributed by atoms with Gasteiger partial charge in [0.05, 0.1) is 0 Å². The molecule has 56 valence electrons. The molecule has 1 aliphatic rings. The fourth-order valence-corrected chi connectivity index (χ4v) is 1.37. The van der Waals surface area contributed by atoms with Crippen molar-refractivity contribution in [2.75, 3.05) is 0 Å². The van der Waals surface area contributed by atoms with Crippen molar-refractivity contribution in [2.45, 2.75) is 32.1 Å². The van der Waals surface area contributed by atoms with Gasteiger partial charge in [0.15, 0.2) is 0 Å². The van der Waals surface area contributed by atoms with E-state index in [1.165, 1.54) is 25.7 Å². The largest absolute Gasteiger partial charge is 0.303 e. The first-order valence-corrected chi connectivity index (χ1v) is 4.04. The minimum Gasteiger partial charge on any atom is -0.303 e. The molecule has 0 radical (unpaired) electrons. The summed E-state index contributed by atoms with van der Waals surface area (Å²) in [7, 11) is 0. The fraction of sp³-hybridized carbons (Fsp3) is 0.667. The third-order valence-corrected chi connectivity index (χ3v) is 2.00. The van der Waals surface area contributed by atoms with Crippen molar-refractivity contribution in [1.82, 2.24) is 0 Å². The van der Waals surface area contributed by atoms with Crippen LogP contribution in [0, 0.1) is 5.92 Å². The van der Waals surface area contributed by atoms with E-state index in [-0.39, 0.29) is 0 Å². The van der Waals surface area contributed by atoms with Crippen LogP contribution in [0.15, 0.2) is 12.2 Å². The second-order valence-corrected chi connectivity index (χ2v) is 2.88. The summed E-state index contributed by atoms with van der Waals surface area (Å²) in [6, 6.07) is 0. The Morgan fingerprint density at radius 2 is 2.40 bits per heavy atom. The minimum absolute atomic E-state index is 0.542. The molecule has 0 aromatic heterocycles. The van der Waals surface area contributed by atoms with Gasteiger partial charge < -0.3 is 4.79 Å². The Balaban J connectivity index is 2.33. The lowest BCUT2D eigenvalue weighted by Gasteiger charge is -2.03. The molecule has 1 atom stereocenters. The van der Waals surface area contributed by atoms with Crippen LogP contribution in [0.5, 0.6) is 0 Å². The van der Waals surface area contributed by atoms with Gasteiger partial charge >= 0.3 is 0 Å². The van der Waals surface area contributed by atoms with Gasteiger partial charge in [-0.05, 0) is 25.2 Å². The topological polar surface area (TPSA) is 17.1 Å². The Hall–Kier alpha value is -0.590. The number of carbonyl (C=O) groups excluding carboxylic acids is 1. The minimum atomic E-state index is 0.542. The second kappa shape index (κ2) is 4.26. The zero-order valence-electron chi connectivity index (χ0n) is 6.25. The fourth-order valence-electron chi connectivity index (χ4n) is 1.37. The number of hydrogen-bond acceptors (Lipinski definition) is 1. The molecule has 0 N–H and O–H groups in total. The first-order valence-electron chi connectivity index (χ1n) is 4.04. The molecule has 1 unspecified atom stereocenters. The molecule has 1 nitrogen and oxygen atoms in total. The van der Waals surface area contributed by atoms with Crippen LogP contribution in [-0.4, -0.2) is 6.29 Å². The zero-order chi connectivity index (χ0) is 7.23. The quantitative estimate of drug-likeness (QED) is 0.423. The summed E-state index contributed by atoms with van der Waals surface area (Å²) in [6.45, 7) is 0. The molecule has 1 rings (SSSR count). The van der Waals surface area contributed by atoms with Crippen molar-refractivity contribution < 1.29 is 4.79 Å². The van der Waals surface area contributed by atoms with Crippen molar-refractivity contribution in [3.8, 4) is 0 Å². The van der Waals surface area contributed by atoms with E-state index in [1.807, 2.05) is 0 Å². The van der Waals surface area contributed by atoms with E-state index in [9.17, 15) is 4.79 Å². The summed E-state index contributed by atoms with van der Waals surface area (Å²) in [5, 5.41) is 0. The number of rotatable bonds is 2. The molecule has 0 aliphatic heterocycles. The van der Waals surface area contributed by atoms with E-state index < -0.39 is 0 Å². The molecular weight excluding hydrogens is 124 g/mol. The van der Waals surface area contributed by atoms with Crippen molar-refractivity contribution in [3.63, 3.8) is 0 Å². The van der Waals surface area contributed by atoms with Crippen LogP contribution in [0.4, 0.5) is 0 Å². The van der Waals surface area contributed by atoms with E-state index in [1.54, 1.807) is 0 Å². The summed E-state index contributed by atoms with van der Waals surface area (Å²) < 4.78 is 0. The molecule has 0 fully saturated rings. The predicted octanol–water partition coefficient (Wildman–Crippen LogP) is 2.32. The summed E-state index contributed by atoms with van der Waals surface area (Å²) in [5.41, 5.74) is 0. The number of allylic oxidation sites excluding steroid dienone is 2. The molecule has 0 aromatic rings. The predicted molar refractivity (Wildman–Crippen MR) is 41.8 cm³/mol. The normalized spacial score (nSPS) is 25.8. The lowest BCUT2D eigenvalue weighted by molar-refractivity contribution is -0.108. The van der Waals surface area contributed by atoms with Gasteiger partial charge in [0.2, 0.25) is 0 Å². The van der Waals surface area contributed by atoms with Crippen LogP contribution >= 0.6 is 0 Å². The van der Waals surface area contributed by atoms with Crippen molar-refractivity contribution in [1.29, 1.82) is 0 Å². The van der Waals surface area contributed by atoms with Crippen LogP contribution in [0.2, 0.25) is 0 Å². The second-order valence-electron chi connectivity index (χ2n) is 2.88. The SMILES string of the molecule is O=CCC1C=CCCCC1. The molecule has 1 aliphatic carbocycles.